The van der Waals surface area contributed by atoms with Crippen LogP contribution in [0.25, 0.3) is 0 Å². The van der Waals surface area contributed by atoms with E-state index in [0.29, 0.717) is 49.1 Å². The highest BCUT2D eigenvalue weighted by Gasteiger charge is 2.53. The van der Waals surface area contributed by atoms with Crippen molar-refractivity contribution in [2.75, 3.05) is 13.1 Å². The smallest absolute Gasteiger partial charge is 0.287 e. The Morgan fingerprint density at radius 2 is 1.77 bits per heavy atom. The first-order valence-electron chi connectivity index (χ1n) is 11.4. The number of fused-ring (bicyclic) bond motifs is 1. The zero-order valence-corrected chi connectivity index (χ0v) is 18.8. The van der Waals surface area contributed by atoms with E-state index < -0.39 is 15.9 Å². The van der Waals surface area contributed by atoms with Gasteiger partial charge in [0.05, 0.1) is 4.90 Å². The second-order valence-corrected chi connectivity index (χ2v) is 11.9. The Morgan fingerprint density at radius 3 is 2.39 bits per heavy atom. The molecule has 168 valence electrons. The molecule has 1 aromatic rings. The van der Waals surface area contributed by atoms with E-state index in [0.717, 1.165) is 24.8 Å². The van der Waals surface area contributed by atoms with Gasteiger partial charge in [0.25, 0.3) is 5.91 Å². The maximum Gasteiger partial charge on any atom is 0.287 e. The largest absolute Gasteiger partial charge is 0.347 e. The summed E-state index contributed by atoms with van der Waals surface area (Å²) in [6.45, 7) is 2.61. The van der Waals surface area contributed by atoms with Gasteiger partial charge in [-0.2, -0.15) is 4.31 Å². The van der Waals surface area contributed by atoms with Gasteiger partial charge < -0.3 is 5.32 Å². The summed E-state index contributed by atoms with van der Waals surface area (Å²) in [7, 11) is -3.53. The number of sulfonamides is 1. The quantitative estimate of drug-likeness (QED) is 0.539. The van der Waals surface area contributed by atoms with E-state index in [-0.39, 0.29) is 18.7 Å². The summed E-state index contributed by atoms with van der Waals surface area (Å²) in [5.74, 6) is 0.502. The minimum atomic E-state index is -3.53. The molecule has 4 fully saturated rings. The number of carbonyl (C=O) groups is 2. The van der Waals surface area contributed by atoms with Crippen LogP contribution in [0, 0.1) is 24.2 Å². The molecule has 1 aromatic carbocycles. The predicted molar refractivity (Wildman–Crippen MR) is 119 cm³/mol. The average molecular weight is 445 g/mol. The highest BCUT2D eigenvalue weighted by Crippen LogP contribution is 2.63. The molecule has 4 bridgehead atoms. The van der Waals surface area contributed by atoms with Crippen molar-refractivity contribution in [2.45, 2.75) is 62.8 Å². The average Bonchev–Trinajstić information content (AvgIpc) is 2.74. The second-order valence-electron chi connectivity index (χ2n) is 10.0. The van der Waals surface area contributed by atoms with Crippen LogP contribution in [0.4, 0.5) is 0 Å². The van der Waals surface area contributed by atoms with Gasteiger partial charge in [0.2, 0.25) is 15.8 Å². The molecule has 1 amide bonds. The number of amides is 1. The molecule has 31 heavy (non-hydrogen) atoms. The number of nitrogens with zero attached hydrogens (tertiary/aromatic N) is 1. The Balaban J connectivity index is 0.00000245. The molecular weight excluding hydrogens is 412 g/mol. The molecule has 1 aliphatic heterocycles. The molecule has 0 spiro atoms. The fraction of sp³-hybridized carbons (Fsp3) is 0.583. The lowest BCUT2D eigenvalue weighted by Crippen LogP contribution is -2.50. The zero-order valence-electron chi connectivity index (χ0n) is 18.0. The van der Waals surface area contributed by atoms with Crippen LogP contribution in [0.1, 0.15) is 51.9 Å². The molecule has 6 aliphatic rings. The molecule has 7 rings (SSSR count). The first-order chi connectivity index (χ1) is 14.8. The molecule has 1 saturated heterocycles. The normalized spacial score (nSPS) is 30.4. The topological polar surface area (TPSA) is 83.6 Å². The molecule has 5 aliphatic carbocycles. The third-order valence-corrected chi connectivity index (χ3v) is 9.79. The van der Waals surface area contributed by atoms with Crippen molar-refractivity contribution in [3.63, 3.8) is 0 Å². The maximum absolute atomic E-state index is 12.8. The van der Waals surface area contributed by atoms with Crippen LogP contribution in [-0.2, 0) is 19.6 Å². The Hall–Kier alpha value is -1.99. The van der Waals surface area contributed by atoms with Gasteiger partial charge in [-0.1, -0.05) is 29.3 Å². The minimum absolute atomic E-state index is 0. The van der Waals surface area contributed by atoms with Crippen molar-refractivity contribution in [1.29, 1.82) is 0 Å². The van der Waals surface area contributed by atoms with Crippen molar-refractivity contribution < 1.29 is 19.4 Å². The predicted octanol–water partition coefficient (Wildman–Crippen LogP) is 3.22. The highest BCUT2D eigenvalue weighted by atomic mass is 32.2. The summed E-state index contributed by atoms with van der Waals surface area (Å²) in [5, 5.41) is 2.88. The number of Topliss-reactive ketones (excluding diaryl/α,β-unsaturated/α-hetero) is 1. The van der Waals surface area contributed by atoms with E-state index in [1.165, 1.54) is 10.7 Å². The van der Waals surface area contributed by atoms with E-state index >= 15 is 0 Å². The van der Waals surface area contributed by atoms with Crippen LogP contribution in [-0.4, -0.2) is 43.5 Å². The lowest BCUT2D eigenvalue weighted by atomic mass is 9.47. The van der Waals surface area contributed by atoms with Crippen LogP contribution >= 0.6 is 0 Å². The van der Waals surface area contributed by atoms with Crippen molar-refractivity contribution in [1.82, 2.24) is 9.62 Å². The third-order valence-electron chi connectivity index (χ3n) is 7.88. The van der Waals surface area contributed by atoms with Gasteiger partial charge >= 0.3 is 0 Å². The molecule has 0 radical (unpaired) electrons. The van der Waals surface area contributed by atoms with E-state index in [9.17, 15) is 18.0 Å². The SMILES string of the molecule is Cc1ccc(S(=O)(=O)N2CCC(NC(=O)C(=O)CC34CC=C5C(CC5C3)C4)CC2)cc1.[HH]. The van der Waals surface area contributed by atoms with Crippen LogP contribution in [0.15, 0.2) is 40.8 Å². The van der Waals surface area contributed by atoms with Crippen molar-refractivity contribution in [3.8, 4) is 0 Å². The molecular formula is C24H32N2O4S. The van der Waals surface area contributed by atoms with Gasteiger partial charge in [0.15, 0.2) is 0 Å². The third kappa shape index (κ3) is 3.76. The number of ketones is 1. The number of hydrogen-bond acceptors (Lipinski definition) is 4. The van der Waals surface area contributed by atoms with Gasteiger partial charge in [0.1, 0.15) is 0 Å². The summed E-state index contributed by atoms with van der Waals surface area (Å²) in [6, 6.07) is 6.70. The first-order valence-corrected chi connectivity index (χ1v) is 12.8. The first kappa shape index (κ1) is 20.9. The number of piperidine rings is 1. The Morgan fingerprint density at radius 1 is 1.13 bits per heavy atom. The van der Waals surface area contributed by atoms with Crippen molar-refractivity contribution in [2.24, 2.45) is 17.3 Å². The molecule has 1 heterocycles. The van der Waals surface area contributed by atoms with E-state index in [2.05, 4.69) is 11.4 Å². The number of allylic oxidation sites excluding steroid dienone is 2. The number of hydrogen-bond donors (Lipinski definition) is 1. The second kappa shape index (κ2) is 7.55. The summed E-state index contributed by atoms with van der Waals surface area (Å²) >= 11 is 0. The number of aryl methyl sites for hydroxylation is 1. The molecule has 2 atom stereocenters. The molecule has 7 heteroatoms. The van der Waals surface area contributed by atoms with Crippen LogP contribution in [0.5, 0.6) is 0 Å². The lowest BCUT2D eigenvalue weighted by Gasteiger charge is -2.58. The Bertz CT molecular complexity index is 1030. The van der Waals surface area contributed by atoms with Crippen LogP contribution in [0.3, 0.4) is 0 Å². The fourth-order valence-electron chi connectivity index (χ4n) is 6.16. The van der Waals surface area contributed by atoms with Gasteiger partial charge in [-0.3, -0.25) is 9.59 Å². The molecule has 3 saturated carbocycles. The van der Waals surface area contributed by atoms with Crippen LogP contribution in [0.2, 0.25) is 0 Å². The molecule has 0 aromatic heterocycles. The number of carbonyl (C=O) groups excluding carboxylic acids is 2. The van der Waals surface area contributed by atoms with E-state index in [4.69, 9.17) is 0 Å². The Labute approximate surface area is 185 Å². The minimum Gasteiger partial charge on any atom is -0.347 e. The summed E-state index contributed by atoms with van der Waals surface area (Å²) in [5.41, 5.74) is 2.61. The lowest BCUT2D eigenvalue weighted by molar-refractivity contribution is -0.141. The van der Waals surface area contributed by atoms with Gasteiger partial charge in [-0.25, -0.2) is 8.42 Å². The van der Waals surface area contributed by atoms with Gasteiger partial charge in [-0.15, -0.1) is 0 Å². The van der Waals surface area contributed by atoms with E-state index in [1.54, 1.807) is 29.8 Å². The fourth-order valence-corrected chi connectivity index (χ4v) is 7.63. The number of rotatable bonds is 6. The summed E-state index contributed by atoms with van der Waals surface area (Å²) in [6.07, 6.45) is 8.02. The molecule has 1 N–H and O–H groups in total. The standard InChI is InChI=1S/C24H30N2O4S.H2/c1-16-2-4-20(5-3-16)31(29,30)26-10-7-19(8-11-26)25-23(28)22(27)15-24-9-6-21-17(13-24)12-18(21)14-24;/h2-6,17-19H,7-15H2,1H3,(H,25,28);1H. The maximum atomic E-state index is 12.8. The monoisotopic (exact) mass is 444 g/mol. The molecule has 6 nitrogen and oxygen atoms in total. The summed E-state index contributed by atoms with van der Waals surface area (Å²) in [4.78, 5) is 25.6. The van der Waals surface area contributed by atoms with Crippen molar-refractivity contribution in [3.05, 3.63) is 41.5 Å². The highest BCUT2D eigenvalue weighted by molar-refractivity contribution is 7.89. The summed E-state index contributed by atoms with van der Waals surface area (Å²) < 4.78 is 27.2. The number of nitrogens with one attached hydrogen (secondary N) is 1. The van der Waals surface area contributed by atoms with E-state index in [1.807, 2.05) is 6.92 Å². The molecule has 2 unspecified atom stereocenters. The van der Waals surface area contributed by atoms with Crippen molar-refractivity contribution >= 4 is 21.7 Å². The van der Waals surface area contributed by atoms with Gasteiger partial charge in [0, 0.05) is 27.0 Å². The zero-order chi connectivity index (χ0) is 21.8. The Kier molecular flexibility index (Phi) is 5.09. The van der Waals surface area contributed by atoms with Crippen LogP contribution < -0.4 is 5.32 Å². The van der Waals surface area contributed by atoms with Gasteiger partial charge in [-0.05, 0) is 74.8 Å². The number of benzene rings is 1.